The summed E-state index contributed by atoms with van der Waals surface area (Å²) < 4.78 is 38.4. The molecule has 146 valence electrons. The Balaban J connectivity index is 1.68. The second-order valence-corrected chi connectivity index (χ2v) is 7.36. The van der Waals surface area contributed by atoms with Gasteiger partial charge in [-0.3, -0.25) is 9.79 Å². The van der Waals surface area contributed by atoms with Gasteiger partial charge in [0.2, 0.25) is 5.91 Å². The number of likely N-dealkylation sites (N-methyl/N-ethyl adjacent to an activating group) is 1. The third-order valence-electron chi connectivity index (χ3n) is 5.35. The van der Waals surface area contributed by atoms with Gasteiger partial charge in [0.25, 0.3) is 0 Å². The Labute approximate surface area is 160 Å². The molecule has 5 nitrogen and oxygen atoms in total. The average molecular weight is 388 g/mol. The summed E-state index contributed by atoms with van der Waals surface area (Å²) in [5.41, 5.74) is 1.08. The second kappa shape index (κ2) is 6.39. The van der Waals surface area contributed by atoms with Gasteiger partial charge in [0.15, 0.2) is 5.82 Å². The summed E-state index contributed by atoms with van der Waals surface area (Å²) in [5.74, 6) is 0.465. The molecule has 0 N–H and O–H groups in total. The summed E-state index contributed by atoms with van der Waals surface area (Å²) in [6, 6.07) is 6.62. The minimum absolute atomic E-state index is 0.0260. The van der Waals surface area contributed by atoms with E-state index in [0.29, 0.717) is 54.3 Å². The first-order valence-electron chi connectivity index (χ1n) is 9.06. The van der Waals surface area contributed by atoms with Gasteiger partial charge in [-0.05, 0) is 44.4 Å². The number of likely N-dealkylation sites (tertiary alicyclic amines) is 1. The maximum atomic E-state index is 12.8. The van der Waals surface area contributed by atoms with E-state index in [1.54, 1.807) is 24.9 Å². The Morgan fingerprint density at radius 1 is 1.11 bits per heavy atom. The number of aryl methyl sites for hydroxylation is 1. The second-order valence-electron chi connectivity index (χ2n) is 7.36. The highest BCUT2D eigenvalue weighted by molar-refractivity contribution is 6.03. The van der Waals surface area contributed by atoms with Crippen molar-refractivity contribution in [2.45, 2.75) is 37.9 Å². The van der Waals surface area contributed by atoms with Gasteiger partial charge >= 0.3 is 6.18 Å². The number of carbonyl (C=O) groups excluding carboxylic acids is 1. The first-order chi connectivity index (χ1) is 13.2. The number of nitrogens with zero attached hydrogens (tertiary/aromatic N) is 4. The molecular formula is C20H19F3N4O. The third-order valence-corrected chi connectivity index (χ3v) is 5.35. The number of hydrogen-bond acceptors (Lipinski definition) is 4. The fourth-order valence-electron chi connectivity index (χ4n) is 3.78. The Kier molecular flexibility index (Phi) is 4.24. The highest BCUT2D eigenvalue weighted by Crippen LogP contribution is 2.37. The van der Waals surface area contributed by atoms with E-state index in [2.05, 4.69) is 9.97 Å². The number of rotatable bonds is 2. The number of amides is 1. The molecule has 1 aromatic carbocycles. The summed E-state index contributed by atoms with van der Waals surface area (Å²) >= 11 is 0. The number of alkyl halides is 3. The highest BCUT2D eigenvalue weighted by atomic mass is 19.4. The zero-order valence-corrected chi connectivity index (χ0v) is 15.5. The fourth-order valence-corrected chi connectivity index (χ4v) is 3.78. The molecule has 1 saturated heterocycles. The minimum Gasteiger partial charge on any atom is -0.344 e. The quantitative estimate of drug-likeness (QED) is 0.789. The number of halogens is 3. The smallest absolute Gasteiger partial charge is 0.344 e. The molecule has 1 spiro atoms. The van der Waals surface area contributed by atoms with Gasteiger partial charge in [-0.2, -0.15) is 13.2 Å². The first kappa shape index (κ1) is 18.6. The van der Waals surface area contributed by atoms with Crippen LogP contribution in [0.3, 0.4) is 0 Å². The van der Waals surface area contributed by atoms with E-state index < -0.39 is 17.3 Å². The molecule has 4 rings (SSSR count). The maximum Gasteiger partial charge on any atom is 0.416 e. The van der Waals surface area contributed by atoms with E-state index in [-0.39, 0.29) is 5.91 Å². The van der Waals surface area contributed by atoms with Crippen molar-refractivity contribution in [3.8, 4) is 11.3 Å². The van der Waals surface area contributed by atoms with Crippen LogP contribution in [0.2, 0.25) is 0 Å². The number of aliphatic imine (C=N–C) groups is 1. The molecule has 3 heterocycles. The topological polar surface area (TPSA) is 58.5 Å². The van der Waals surface area contributed by atoms with Crippen LogP contribution >= 0.6 is 0 Å². The molecule has 0 saturated carbocycles. The molecule has 2 aliphatic heterocycles. The molecule has 0 radical (unpaired) electrons. The highest BCUT2D eigenvalue weighted by Gasteiger charge is 2.48. The van der Waals surface area contributed by atoms with Gasteiger partial charge in [-0.1, -0.05) is 12.1 Å². The maximum absolute atomic E-state index is 12.8. The van der Waals surface area contributed by atoms with Crippen LogP contribution in [-0.2, 0) is 11.0 Å². The van der Waals surface area contributed by atoms with Gasteiger partial charge in [-0.15, -0.1) is 0 Å². The van der Waals surface area contributed by atoms with Crippen LogP contribution < -0.4 is 0 Å². The normalized spacial score (nSPS) is 22.2. The Morgan fingerprint density at radius 2 is 1.82 bits per heavy atom. The Morgan fingerprint density at radius 3 is 2.43 bits per heavy atom. The van der Waals surface area contributed by atoms with Crippen LogP contribution in [0.1, 0.15) is 36.3 Å². The van der Waals surface area contributed by atoms with Crippen molar-refractivity contribution >= 4 is 11.6 Å². The molecular weight excluding hydrogens is 369 g/mol. The van der Waals surface area contributed by atoms with Gasteiger partial charge in [0.1, 0.15) is 5.54 Å². The fraction of sp³-hybridized carbons (Fsp3) is 0.400. The zero-order valence-electron chi connectivity index (χ0n) is 15.5. The van der Waals surface area contributed by atoms with Crippen LogP contribution in [-0.4, -0.2) is 45.6 Å². The summed E-state index contributed by atoms with van der Waals surface area (Å²) in [6.07, 6.45) is -2.45. The van der Waals surface area contributed by atoms with Crippen LogP contribution in [0.15, 0.2) is 35.3 Å². The molecule has 1 aromatic heterocycles. The summed E-state index contributed by atoms with van der Waals surface area (Å²) in [7, 11) is 1.77. The number of carbonyl (C=O) groups is 1. The Hall–Kier alpha value is -2.77. The van der Waals surface area contributed by atoms with Crippen LogP contribution in [0.25, 0.3) is 11.3 Å². The molecule has 28 heavy (non-hydrogen) atoms. The van der Waals surface area contributed by atoms with E-state index >= 15 is 0 Å². The van der Waals surface area contributed by atoms with Gasteiger partial charge in [0.05, 0.1) is 17.0 Å². The SMILES string of the molecule is Cc1cc(-c2ccc(C(F)(F)F)cc2)nc(C2=N[C@]3(CC2)CCN(C)C3=O)n1. The summed E-state index contributed by atoms with van der Waals surface area (Å²) in [5, 5.41) is 0. The largest absolute Gasteiger partial charge is 0.416 e. The van der Waals surface area contributed by atoms with Crippen molar-refractivity contribution in [3.05, 3.63) is 47.4 Å². The van der Waals surface area contributed by atoms with Crippen molar-refractivity contribution in [1.82, 2.24) is 14.9 Å². The molecule has 0 aliphatic carbocycles. The van der Waals surface area contributed by atoms with Crippen molar-refractivity contribution in [3.63, 3.8) is 0 Å². The number of hydrogen-bond donors (Lipinski definition) is 0. The van der Waals surface area contributed by atoms with E-state index in [1.165, 1.54) is 12.1 Å². The van der Waals surface area contributed by atoms with Crippen molar-refractivity contribution in [2.24, 2.45) is 4.99 Å². The molecule has 2 aliphatic rings. The van der Waals surface area contributed by atoms with Crippen molar-refractivity contribution < 1.29 is 18.0 Å². The Bertz CT molecular complexity index is 968. The lowest BCUT2D eigenvalue weighted by Gasteiger charge is -2.16. The van der Waals surface area contributed by atoms with Gasteiger partial charge < -0.3 is 4.90 Å². The van der Waals surface area contributed by atoms with E-state index in [9.17, 15) is 18.0 Å². The molecule has 0 unspecified atom stereocenters. The lowest BCUT2D eigenvalue weighted by atomic mass is 9.95. The van der Waals surface area contributed by atoms with Gasteiger partial charge in [0, 0.05) is 24.8 Å². The minimum atomic E-state index is -4.38. The average Bonchev–Trinajstić information content (AvgIpc) is 3.21. The van der Waals surface area contributed by atoms with Crippen LogP contribution in [0.4, 0.5) is 13.2 Å². The number of aromatic nitrogens is 2. The zero-order chi connectivity index (χ0) is 20.1. The molecule has 1 amide bonds. The predicted octanol–water partition coefficient (Wildman–Crippen LogP) is 3.65. The number of benzene rings is 1. The van der Waals surface area contributed by atoms with Gasteiger partial charge in [-0.25, -0.2) is 9.97 Å². The lowest BCUT2D eigenvalue weighted by Crippen LogP contribution is -2.35. The van der Waals surface area contributed by atoms with E-state index in [0.717, 1.165) is 12.1 Å². The summed E-state index contributed by atoms with van der Waals surface area (Å²) in [4.78, 5) is 27.8. The van der Waals surface area contributed by atoms with Crippen molar-refractivity contribution in [1.29, 1.82) is 0 Å². The summed E-state index contributed by atoms with van der Waals surface area (Å²) in [6.45, 7) is 2.49. The lowest BCUT2D eigenvalue weighted by molar-refractivity contribution is -0.137. The first-order valence-corrected chi connectivity index (χ1v) is 9.06. The molecule has 1 atom stereocenters. The molecule has 8 heteroatoms. The van der Waals surface area contributed by atoms with Crippen LogP contribution in [0.5, 0.6) is 0 Å². The van der Waals surface area contributed by atoms with E-state index in [4.69, 9.17) is 4.99 Å². The van der Waals surface area contributed by atoms with Crippen molar-refractivity contribution in [2.75, 3.05) is 13.6 Å². The molecule has 2 aromatic rings. The predicted molar refractivity (Wildman–Crippen MR) is 98.0 cm³/mol. The van der Waals surface area contributed by atoms with E-state index in [1.807, 2.05) is 0 Å². The third kappa shape index (κ3) is 3.16. The molecule has 0 bridgehead atoms. The van der Waals surface area contributed by atoms with Crippen LogP contribution in [0, 0.1) is 6.92 Å². The standard InChI is InChI=1S/C20H19F3N4O/c1-12-11-16(13-3-5-14(6-4-13)20(21,22)23)25-17(24-12)15-7-8-19(26-15)9-10-27(2)18(19)28/h3-6,11H,7-10H2,1-2H3/t19-/m1/s1. The monoisotopic (exact) mass is 388 g/mol. The molecule has 1 fully saturated rings.